The van der Waals surface area contributed by atoms with Gasteiger partial charge in [0.1, 0.15) is 0 Å². The molecule has 116 valence electrons. The first-order valence-electron chi connectivity index (χ1n) is 8.46. The summed E-state index contributed by atoms with van der Waals surface area (Å²) in [6.45, 7) is 2.34. The highest BCUT2D eigenvalue weighted by Crippen LogP contribution is 2.44. The second-order valence-electron chi connectivity index (χ2n) is 7.55. The Labute approximate surface area is 129 Å². The molecule has 0 saturated heterocycles. The van der Waals surface area contributed by atoms with Crippen LogP contribution in [0.2, 0.25) is 0 Å². The predicted molar refractivity (Wildman–Crippen MR) is 87.6 cm³/mol. The van der Waals surface area contributed by atoms with Crippen molar-refractivity contribution in [1.29, 1.82) is 0 Å². The Hall–Kier alpha value is -0.860. The summed E-state index contributed by atoms with van der Waals surface area (Å²) in [7, 11) is 4.30. The Balaban J connectivity index is 1.73. The van der Waals surface area contributed by atoms with Gasteiger partial charge < -0.3 is 10.0 Å². The molecule has 21 heavy (non-hydrogen) atoms. The lowest BCUT2D eigenvalue weighted by atomic mass is 9.67. The van der Waals surface area contributed by atoms with Gasteiger partial charge in [-0.1, -0.05) is 44.0 Å². The van der Waals surface area contributed by atoms with E-state index in [1.807, 2.05) is 0 Å². The lowest BCUT2D eigenvalue weighted by molar-refractivity contribution is -0.0504. The van der Waals surface area contributed by atoms with Crippen molar-refractivity contribution in [2.75, 3.05) is 14.1 Å². The molecule has 1 fully saturated rings. The van der Waals surface area contributed by atoms with E-state index in [1.165, 1.54) is 24.0 Å². The third kappa shape index (κ3) is 2.64. The number of aliphatic hydroxyl groups excluding tert-OH is 1. The molecule has 1 N–H and O–H groups in total. The normalized spacial score (nSPS) is 33.4. The van der Waals surface area contributed by atoms with E-state index in [-0.39, 0.29) is 11.6 Å². The lowest BCUT2D eigenvalue weighted by Crippen LogP contribution is -2.56. The van der Waals surface area contributed by atoms with Gasteiger partial charge in [0.25, 0.3) is 0 Å². The average molecular weight is 287 g/mol. The molecular formula is C19H29NO. The number of hydrogen-bond donors (Lipinski definition) is 1. The van der Waals surface area contributed by atoms with Crippen molar-refractivity contribution in [1.82, 2.24) is 4.90 Å². The minimum absolute atomic E-state index is 0.0117. The van der Waals surface area contributed by atoms with Gasteiger partial charge in [-0.2, -0.15) is 0 Å². The van der Waals surface area contributed by atoms with Crippen molar-refractivity contribution in [3.8, 4) is 0 Å². The summed E-state index contributed by atoms with van der Waals surface area (Å²) in [5, 5.41) is 11.0. The zero-order valence-corrected chi connectivity index (χ0v) is 13.7. The topological polar surface area (TPSA) is 23.5 Å². The maximum atomic E-state index is 11.0. The minimum atomic E-state index is -0.214. The summed E-state index contributed by atoms with van der Waals surface area (Å²) in [4.78, 5) is 2.30. The first-order valence-corrected chi connectivity index (χ1v) is 8.46. The van der Waals surface area contributed by atoms with Crippen molar-refractivity contribution in [3.63, 3.8) is 0 Å². The van der Waals surface area contributed by atoms with Crippen LogP contribution in [-0.4, -0.2) is 35.7 Å². The Morgan fingerprint density at radius 3 is 2.76 bits per heavy atom. The van der Waals surface area contributed by atoms with Crippen LogP contribution in [-0.2, 0) is 6.42 Å². The number of nitrogens with zero attached hydrogens (tertiary/aromatic N) is 1. The van der Waals surface area contributed by atoms with E-state index in [1.54, 1.807) is 0 Å². The van der Waals surface area contributed by atoms with E-state index in [4.69, 9.17) is 0 Å². The van der Waals surface area contributed by atoms with Gasteiger partial charge in [-0.3, -0.25) is 0 Å². The number of hydrogen-bond acceptors (Lipinski definition) is 2. The van der Waals surface area contributed by atoms with E-state index in [0.29, 0.717) is 5.92 Å². The Morgan fingerprint density at radius 1 is 1.33 bits per heavy atom. The highest BCUT2D eigenvalue weighted by molar-refractivity contribution is 5.40. The Bertz CT molecular complexity index is 498. The minimum Gasteiger partial charge on any atom is -0.391 e. The van der Waals surface area contributed by atoms with Crippen LogP contribution in [0.5, 0.6) is 0 Å². The Kier molecular flexibility index (Phi) is 4.11. The van der Waals surface area contributed by atoms with Crippen LogP contribution in [0.3, 0.4) is 0 Å². The third-order valence-corrected chi connectivity index (χ3v) is 5.99. The number of likely N-dealkylation sites (N-methyl/N-ethyl adjacent to an activating group) is 1. The molecule has 0 heterocycles. The van der Waals surface area contributed by atoms with Gasteiger partial charge in [0.2, 0.25) is 0 Å². The highest BCUT2D eigenvalue weighted by Gasteiger charge is 2.44. The zero-order valence-electron chi connectivity index (χ0n) is 13.7. The van der Waals surface area contributed by atoms with Crippen LogP contribution in [0.15, 0.2) is 24.3 Å². The summed E-state index contributed by atoms with van der Waals surface area (Å²) >= 11 is 0. The molecule has 0 aliphatic heterocycles. The van der Waals surface area contributed by atoms with Crippen LogP contribution in [0, 0.1) is 5.92 Å². The summed E-state index contributed by atoms with van der Waals surface area (Å²) in [5.41, 5.74) is 2.93. The van der Waals surface area contributed by atoms with Gasteiger partial charge in [-0.25, -0.2) is 0 Å². The second kappa shape index (κ2) is 5.73. The lowest BCUT2D eigenvalue weighted by Gasteiger charge is -2.49. The fourth-order valence-electron chi connectivity index (χ4n) is 4.63. The van der Waals surface area contributed by atoms with Gasteiger partial charge in [-0.05, 0) is 62.7 Å². The first kappa shape index (κ1) is 15.1. The maximum absolute atomic E-state index is 11.0. The van der Waals surface area contributed by atoms with E-state index < -0.39 is 0 Å². The molecule has 0 spiro atoms. The quantitative estimate of drug-likeness (QED) is 0.915. The van der Waals surface area contributed by atoms with Crippen LogP contribution in [0.4, 0.5) is 0 Å². The van der Waals surface area contributed by atoms with Crippen molar-refractivity contribution in [2.24, 2.45) is 5.92 Å². The molecule has 1 aromatic carbocycles. The number of benzene rings is 1. The van der Waals surface area contributed by atoms with Crippen molar-refractivity contribution in [3.05, 3.63) is 35.4 Å². The van der Waals surface area contributed by atoms with E-state index >= 15 is 0 Å². The smallest absolute Gasteiger partial charge is 0.0729 e. The van der Waals surface area contributed by atoms with Crippen molar-refractivity contribution < 1.29 is 5.11 Å². The van der Waals surface area contributed by atoms with Crippen LogP contribution < -0.4 is 0 Å². The van der Waals surface area contributed by atoms with Gasteiger partial charge >= 0.3 is 0 Å². The summed E-state index contributed by atoms with van der Waals surface area (Å²) < 4.78 is 0. The summed E-state index contributed by atoms with van der Waals surface area (Å²) in [6.07, 6.45) is 6.68. The molecule has 0 aromatic heterocycles. The monoisotopic (exact) mass is 287 g/mol. The molecule has 2 nitrogen and oxygen atoms in total. The van der Waals surface area contributed by atoms with E-state index in [2.05, 4.69) is 50.2 Å². The second-order valence-corrected chi connectivity index (χ2v) is 7.55. The molecule has 0 radical (unpaired) electrons. The summed E-state index contributed by atoms with van der Waals surface area (Å²) in [5.74, 6) is 1.29. The molecule has 2 aliphatic rings. The predicted octanol–water partition coefficient (Wildman–Crippen LogP) is 3.59. The standard InChI is InChI=1S/C19H29NO/c1-14-7-6-10-19(13-14,20(2)3)18(21)12-16-11-15-8-4-5-9-17(15)16/h4-5,8-9,14,16,18,21H,6-7,10-13H2,1-3H3. The molecule has 4 unspecified atom stereocenters. The molecule has 1 aromatic rings. The Morgan fingerprint density at radius 2 is 2.10 bits per heavy atom. The number of fused-ring (bicyclic) bond motifs is 1. The van der Waals surface area contributed by atoms with Crippen LogP contribution >= 0.6 is 0 Å². The largest absolute Gasteiger partial charge is 0.391 e. The van der Waals surface area contributed by atoms with Gasteiger partial charge in [0.15, 0.2) is 0 Å². The molecule has 1 saturated carbocycles. The third-order valence-electron chi connectivity index (χ3n) is 5.99. The zero-order chi connectivity index (χ0) is 15.0. The highest BCUT2D eigenvalue weighted by atomic mass is 16.3. The van der Waals surface area contributed by atoms with E-state index in [0.717, 1.165) is 31.6 Å². The van der Waals surface area contributed by atoms with E-state index in [9.17, 15) is 5.11 Å². The first-order chi connectivity index (χ1) is 10.0. The van der Waals surface area contributed by atoms with Gasteiger partial charge in [-0.15, -0.1) is 0 Å². The SMILES string of the molecule is CC1CCCC(C(O)CC2Cc3ccccc32)(N(C)C)C1. The number of rotatable bonds is 4. The van der Waals surface area contributed by atoms with Gasteiger partial charge in [0, 0.05) is 5.54 Å². The summed E-state index contributed by atoms with van der Waals surface area (Å²) in [6, 6.07) is 8.71. The molecule has 2 aliphatic carbocycles. The molecule has 2 heteroatoms. The van der Waals surface area contributed by atoms with Crippen LogP contribution in [0.1, 0.15) is 56.1 Å². The fraction of sp³-hybridized carbons (Fsp3) is 0.684. The molecule has 4 atom stereocenters. The number of aliphatic hydroxyl groups is 1. The molecule has 0 amide bonds. The van der Waals surface area contributed by atoms with Crippen LogP contribution in [0.25, 0.3) is 0 Å². The molecule has 0 bridgehead atoms. The maximum Gasteiger partial charge on any atom is 0.0729 e. The van der Waals surface area contributed by atoms with Crippen molar-refractivity contribution in [2.45, 2.75) is 63.0 Å². The average Bonchev–Trinajstić information content (AvgIpc) is 2.44. The molecule has 3 rings (SSSR count). The van der Waals surface area contributed by atoms with Crippen molar-refractivity contribution >= 4 is 0 Å². The van der Waals surface area contributed by atoms with Gasteiger partial charge in [0.05, 0.1) is 6.10 Å². The fourth-order valence-corrected chi connectivity index (χ4v) is 4.63. The molecular weight excluding hydrogens is 258 g/mol.